The highest BCUT2D eigenvalue weighted by atomic mass is 127. The van der Waals surface area contributed by atoms with E-state index in [4.69, 9.17) is 0 Å². The second-order valence-corrected chi connectivity index (χ2v) is 7.37. The van der Waals surface area contributed by atoms with Gasteiger partial charge in [0.05, 0.1) is 0 Å². The molecule has 23 heavy (non-hydrogen) atoms. The normalized spacial score (nSPS) is 18.0. The second kappa shape index (κ2) is 11.1. The highest BCUT2D eigenvalue weighted by molar-refractivity contribution is 14.0. The maximum atomic E-state index is 11.7. The topological polar surface area (TPSA) is 56.7 Å². The lowest BCUT2D eigenvalue weighted by atomic mass is 9.73. The van der Waals surface area contributed by atoms with E-state index in [0.717, 1.165) is 25.5 Å². The molecule has 0 aromatic rings. The van der Waals surface area contributed by atoms with Gasteiger partial charge in [-0.3, -0.25) is 4.79 Å². The summed E-state index contributed by atoms with van der Waals surface area (Å²) in [7, 11) is 3.52. The van der Waals surface area contributed by atoms with Crippen LogP contribution < -0.4 is 10.6 Å². The Morgan fingerprint density at radius 2 is 1.83 bits per heavy atom. The van der Waals surface area contributed by atoms with Crippen LogP contribution in [0.4, 0.5) is 0 Å². The summed E-state index contributed by atoms with van der Waals surface area (Å²) in [5.74, 6) is 1.50. The largest absolute Gasteiger partial charge is 0.356 e. The van der Waals surface area contributed by atoms with Crippen molar-refractivity contribution in [1.29, 1.82) is 0 Å². The third-order valence-electron chi connectivity index (χ3n) is 4.43. The zero-order chi connectivity index (χ0) is 16.6. The number of nitrogens with one attached hydrogen (secondary N) is 2. The molecule has 0 saturated heterocycles. The molecule has 1 aliphatic carbocycles. The molecule has 1 aliphatic rings. The average molecular weight is 438 g/mol. The first-order chi connectivity index (χ1) is 10.3. The van der Waals surface area contributed by atoms with E-state index in [0.29, 0.717) is 11.3 Å². The van der Waals surface area contributed by atoms with Crippen LogP contribution in [0.3, 0.4) is 0 Å². The van der Waals surface area contributed by atoms with Gasteiger partial charge in [0.15, 0.2) is 5.96 Å². The van der Waals surface area contributed by atoms with Gasteiger partial charge in [-0.2, -0.15) is 0 Å². The van der Waals surface area contributed by atoms with E-state index >= 15 is 0 Å². The van der Waals surface area contributed by atoms with Crippen LogP contribution in [0.15, 0.2) is 4.99 Å². The van der Waals surface area contributed by atoms with Crippen LogP contribution >= 0.6 is 24.0 Å². The maximum Gasteiger partial charge on any atom is 0.243 e. The van der Waals surface area contributed by atoms with Crippen molar-refractivity contribution in [3.8, 4) is 0 Å². The van der Waals surface area contributed by atoms with Crippen molar-refractivity contribution in [1.82, 2.24) is 15.5 Å². The highest BCUT2D eigenvalue weighted by Crippen LogP contribution is 2.37. The molecule has 1 fully saturated rings. The van der Waals surface area contributed by atoms with Crippen LogP contribution in [-0.2, 0) is 4.79 Å². The van der Waals surface area contributed by atoms with E-state index in [1.807, 2.05) is 0 Å². The molecule has 1 saturated carbocycles. The van der Waals surface area contributed by atoms with Gasteiger partial charge in [0, 0.05) is 27.2 Å². The van der Waals surface area contributed by atoms with Gasteiger partial charge in [0.1, 0.15) is 6.54 Å². The molecule has 136 valence electrons. The van der Waals surface area contributed by atoms with Gasteiger partial charge >= 0.3 is 0 Å². The third-order valence-corrected chi connectivity index (χ3v) is 4.43. The van der Waals surface area contributed by atoms with Crippen LogP contribution in [-0.4, -0.2) is 50.5 Å². The molecule has 1 rings (SSSR count). The average Bonchev–Trinajstić information content (AvgIpc) is 2.47. The molecule has 0 heterocycles. The fourth-order valence-corrected chi connectivity index (χ4v) is 2.61. The molecule has 1 amide bonds. The fraction of sp³-hybridized carbons (Fsp3) is 0.882. The zero-order valence-electron chi connectivity index (χ0n) is 15.4. The Balaban J connectivity index is 0.00000484. The predicted octanol–water partition coefficient (Wildman–Crippen LogP) is 2.85. The van der Waals surface area contributed by atoms with Crippen molar-refractivity contribution in [2.45, 2.75) is 52.9 Å². The van der Waals surface area contributed by atoms with Crippen LogP contribution in [0.5, 0.6) is 0 Å². The Morgan fingerprint density at radius 1 is 1.22 bits per heavy atom. The summed E-state index contributed by atoms with van der Waals surface area (Å²) in [5.41, 5.74) is 0.506. The van der Waals surface area contributed by atoms with Crippen molar-refractivity contribution < 1.29 is 4.79 Å². The van der Waals surface area contributed by atoms with Crippen molar-refractivity contribution in [2.24, 2.45) is 16.3 Å². The van der Waals surface area contributed by atoms with Gasteiger partial charge in [0.25, 0.3) is 0 Å². The van der Waals surface area contributed by atoms with Gasteiger partial charge in [-0.25, -0.2) is 4.99 Å². The van der Waals surface area contributed by atoms with E-state index in [9.17, 15) is 4.79 Å². The van der Waals surface area contributed by atoms with Gasteiger partial charge in [-0.05, 0) is 43.4 Å². The molecular formula is C17H35IN4O. The van der Waals surface area contributed by atoms with Crippen LogP contribution in [0.25, 0.3) is 0 Å². The summed E-state index contributed by atoms with van der Waals surface area (Å²) < 4.78 is 0. The molecule has 2 N–H and O–H groups in total. The molecule has 6 heteroatoms. The standard InChI is InChI=1S/C17H34N4O.HI/c1-6-11-18-16(20-13-15(22)21(4)5)19-12-14-7-9-17(2,3)10-8-14;/h14H,6-13H2,1-5H3,(H2,18,19,20);1H. The lowest BCUT2D eigenvalue weighted by Gasteiger charge is -2.34. The van der Waals surface area contributed by atoms with Gasteiger partial charge in [-0.15, -0.1) is 24.0 Å². The molecule has 0 aromatic carbocycles. The van der Waals surface area contributed by atoms with Gasteiger partial charge < -0.3 is 15.5 Å². The van der Waals surface area contributed by atoms with Crippen molar-refractivity contribution in [3.63, 3.8) is 0 Å². The number of carbonyl (C=O) groups excluding carboxylic acids is 1. The quantitative estimate of drug-likeness (QED) is 0.381. The van der Waals surface area contributed by atoms with Gasteiger partial charge in [0.2, 0.25) is 5.91 Å². The zero-order valence-corrected chi connectivity index (χ0v) is 17.8. The van der Waals surface area contributed by atoms with E-state index in [2.05, 4.69) is 36.4 Å². The summed E-state index contributed by atoms with van der Waals surface area (Å²) in [5, 5.41) is 6.70. The Morgan fingerprint density at radius 3 is 2.35 bits per heavy atom. The third kappa shape index (κ3) is 9.37. The summed E-state index contributed by atoms with van der Waals surface area (Å²) in [6, 6.07) is 0. The number of carbonyl (C=O) groups is 1. The fourth-order valence-electron chi connectivity index (χ4n) is 2.61. The monoisotopic (exact) mass is 438 g/mol. The lowest BCUT2D eigenvalue weighted by Crippen LogP contribution is -2.42. The molecule has 0 bridgehead atoms. The van der Waals surface area contributed by atoms with E-state index in [1.54, 1.807) is 19.0 Å². The highest BCUT2D eigenvalue weighted by Gasteiger charge is 2.26. The number of hydrogen-bond acceptors (Lipinski definition) is 2. The van der Waals surface area contributed by atoms with Crippen LogP contribution in [0.2, 0.25) is 0 Å². The number of halogens is 1. The molecule has 0 radical (unpaired) electrons. The van der Waals surface area contributed by atoms with Crippen molar-refractivity contribution >= 4 is 35.8 Å². The van der Waals surface area contributed by atoms with Crippen LogP contribution in [0, 0.1) is 11.3 Å². The summed E-state index contributed by atoms with van der Waals surface area (Å²) in [6.45, 7) is 8.86. The first-order valence-electron chi connectivity index (χ1n) is 8.56. The van der Waals surface area contributed by atoms with E-state index in [-0.39, 0.29) is 36.4 Å². The Labute approximate surface area is 159 Å². The Hall–Kier alpha value is -0.530. The minimum atomic E-state index is 0. The Kier molecular flexibility index (Phi) is 10.8. The number of rotatable bonds is 6. The minimum absolute atomic E-state index is 0. The number of aliphatic imine (C=N–C) groups is 1. The maximum absolute atomic E-state index is 11.7. The number of guanidine groups is 1. The molecule has 0 aliphatic heterocycles. The van der Waals surface area contributed by atoms with E-state index in [1.165, 1.54) is 25.7 Å². The van der Waals surface area contributed by atoms with Crippen molar-refractivity contribution in [3.05, 3.63) is 0 Å². The van der Waals surface area contributed by atoms with Gasteiger partial charge in [-0.1, -0.05) is 20.8 Å². The van der Waals surface area contributed by atoms with Crippen LogP contribution in [0.1, 0.15) is 52.9 Å². The minimum Gasteiger partial charge on any atom is -0.356 e. The van der Waals surface area contributed by atoms with Crippen molar-refractivity contribution in [2.75, 3.05) is 33.7 Å². The number of amides is 1. The number of nitrogens with zero attached hydrogens (tertiary/aromatic N) is 2. The smallest absolute Gasteiger partial charge is 0.243 e. The molecular weight excluding hydrogens is 403 g/mol. The molecule has 5 nitrogen and oxygen atoms in total. The molecule has 0 spiro atoms. The summed E-state index contributed by atoms with van der Waals surface area (Å²) in [6.07, 6.45) is 6.19. The van der Waals surface area contributed by atoms with E-state index < -0.39 is 0 Å². The Bertz CT molecular complexity index is 373. The first-order valence-corrected chi connectivity index (χ1v) is 8.56. The number of hydrogen-bond donors (Lipinski definition) is 2. The SMILES string of the molecule is CCCNC(=NCC(=O)N(C)C)NCC1CCC(C)(C)CC1.I. The summed E-state index contributed by atoms with van der Waals surface area (Å²) in [4.78, 5) is 17.6. The molecule has 0 unspecified atom stereocenters. The molecule has 0 aromatic heterocycles. The molecule has 0 atom stereocenters. The summed E-state index contributed by atoms with van der Waals surface area (Å²) >= 11 is 0. The first kappa shape index (κ1) is 22.5. The lowest BCUT2D eigenvalue weighted by molar-refractivity contribution is -0.127. The second-order valence-electron chi connectivity index (χ2n) is 7.37. The number of likely N-dealkylation sites (N-methyl/N-ethyl adjacent to an activating group) is 1. The predicted molar refractivity (Wildman–Crippen MR) is 108 cm³/mol.